The van der Waals surface area contributed by atoms with Crippen molar-refractivity contribution in [3.05, 3.63) is 42.0 Å². The summed E-state index contributed by atoms with van der Waals surface area (Å²) >= 11 is 0. The van der Waals surface area contributed by atoms with E-state index in [1.54, 1.807) is 6.33 Å². The molecule has 1 N–H and O–H groups in total. The summed E-state index contributed by atoms with van der Waals surface area (Å²) in [5, 5.41) is 11.4. The van der Waals surface area contributed by atoms with Crippen LogP contribution in [0.1, 0.15) is 44.0 Å². The number of hydrogen-bond acceptors (Lipinski definition) is 3. The second kappa shape index (κ2) is 7.47. The molecule has 0 saturated carbocycles. The molecule has 3 rings (SSSR count). The highest BCUT2D eigenvalue weighted by Gasteiger charge is 2.28. The Morgan fingerprint density at radius 1 is 1.33 bits per heavy atom. The van der Waals surface area contributed by atoms with Crippen molar-refractivity contribution in [1.82, 2.24) is 19.7 Å². The van der Waals surface area contributed by atoms with Gasteiger partial charge >= 0.3 is 6.03 Å². The predicted octanol–water partition coefficient (Wildman–Crippen LogP) is 3.27. The third kappa shape index (κ3) is 3.42. The van der Waals surface area contributed by atoms with Crippen LogP contribution in [0.2, 0.25) is 0 Å². The monoisotopic (exact) mass is 327 g/mol. The van der Waals surface area contributed by atoms with Crippen molar-refractivity contribution >= 4 is 11.7 Å². The van der Waals surface area contributed by atoms with Crippen molar-refractivity contribution in [1.29, 1.82) is 0 Å². The second-order valence-electron chi connectivity index (χ2n) is 6.20. The molecule has 2 amide bonds. The first-order valence-corrected chi connectivity index (χ1v) is 8.74. The number of hydrogen-bond donors (Lipinski definition) is 1. The average molecular weight is 327 g/mol. The van der Waals surface area contributed by atoms with E-state index >= 15 is 0 Å². The number of piperidine rings is 1. The van der Waals surface area contributed by atoms with E-state index in [1.165, 1.54) is 0 Å². The summed E-state index contributed by atoms with van der Waals surface area (Å²) in [7, 11) is 0. The molecule has 24 heavy (non-hydrogen) atoms. The first-order valence-electron chi connectivity index (χ1n) is 8.74. The van der Waals surface area contributed by atoms with Crippen LogP contribution in [-0.2, 0) is 13.0 Å². The molecule has 1 saturated heterocycles. The van der Waals surface area contributed by atoms with Crippen LogP contribution in [0.3, 0.4) is 0 Å². The molecule has 1 aliphatic rings. The number of nitrogens with zero attached hydrogens (tertiary/aromatic N) is 4. The van der Waals surface area contributed by atoms with Gasteiger partial charge in [-0.1, -0.05) is 25.1 Å². The van der Waals surface area contributed by atoms with Crippen LogP contribution in [0.15, 0.2) is 30.6 Å². The normalized spacial score (nSPS) is 17.8. The molecule has 1 aliphatic heterocycles. The molecule has 1 unspecified atom stereocenters. The lowest BCUT2D eigenvalue weighted by atomic mass is 9.97. The second-order valence-corrected chi connectivity index (χ2v) is 6.20. The zero-order valence-electron chi connectivity index (χ0n) is 14.4. The lowest BCUT2D eigenvalue weighted by Gasteiger charge is -2.32. The number of aryl methyl sites for hydroxylation is 2. The number of aromatic nitrogens is 3. The molecule has 1 aromatic heterocycles. The van der Waals surface area contributed by atoms with E-state index in [1.807, 2.05) is 23.1 Å². The van der Waals surface area contributed by atoms with E-state index in [9.17, 15) is 4.79 Å². The summed E-state index contributed by atoms with van der Waals surface area (Å²) in [6.07, 6.45) is 4.71. The third-order valence-electron chi connectivity index (χ3n) is 4.70. The lowest BCUT2D eigenvalue weighted by molar-refractivity contribution is 0.190. The summed E-state index contributed by atoms with van der Waals surface area (Å²) in [6.45, 7) is 6.52. The van der Waals surface area contributed by atoms with Gasteiger partial charge in [-0.15, -0.1) is 10.2 Å². The van der Waals surface area contributed by atoms with Crippen LogP contribution < -0.4 is 5.32 Å². The molecule has 0 radical (unpaired) electrons. The van der Waals surface area contributed by atoms with Crippen molar-refractivity contribution in [2.24, 2.45) is 0 Å². The van der Waals surface area contributed by atoms with Gasteiger partial charge in [0.2, 0.25) is 0 Å². The maximum atomic E-state index is 12.7. The Kier molecular flexibility index (Phi) is 5.13. The number of likely N-dealkylation sites (tertiary alicyclic amines) is 1. The Morgan fingerprint density at radius 3 is 2.96 bits per heavy atom. The molecule has 2 aromatic rings. The van der Waals surface area contributed by atoms with Gasteiger partial charge in [0.1, 0.15) is 12.2 Å². The molecule has 0 bridgehead atoms. The largest absolute Gasteiger partial charge is 0.324 e. The number of anilines is 1. The maximum absolute atomic E-state index is 12.7. The van der Waals surface area contributed by atoms with Gasteiger partial charge in [0, 0.05) is 31.2 Å². The van der Waals surface area contributed by atoms with Crippen LogP contribution in [0.5, 0.6) is 0 Å². The van der Waals surface area contributed by atoms with Crippen LogP contribution in [0.25, 0.3) is 0 Å². The molecular weight excluding hydrogens is 302 g/mol. The Balaban J connectivity index is 1.69. The standard InChI is InChI=1S/C18H25N5O/c1-3-14-8-5-6-10-16(14)20-18(24)23-11-7-9-15(12-23)17-21-19-13-22(17)4-2/h5-6,8,10,13,15H,3-4,7,9,11-12H2,1-2H3,(H,20,24). The number of rotatable bonds is 4. The fourth-order valence-electron chi connectivity index (χ4n) is 3.34. The molecular formula is C18H25N5O. The minimum atomic E-state index is -0.0248. The minimum Gasteiger partial charge on any atom is -0.324 e. The smallest absolute Gasteiger partial charge is 0.321 e. The first kappa shape index (κ1) is 16.5. The molecule has 128 valence electrons. The van der Waals surface area contributed by atoms with Crippen LogP contribution in [0.4, 0.5) is 10.5 Å². The zero-order valence-corrected chi connectivity index (χ0v) is 14.4. The van der Waals surface area contributed by atoms with Crippen molar-refractivity contribution in [2.75, 3.05) is 18.4 Å². The van der Waals surface area contributed by atoms with Gasteiger partial charge in [-0.05, 0) is 37.8 Å². The quantitative estimate of drug-likeness (QED) is 0.937. The highest BCUT2D eigenvalue weighted by molar-refractivity contribution is 5.90. The molecule has 6 nitrogen and oxygen atoms in total. The summed E-state index contributed by atoms with van der Waals surface area (Å²) in [4.78, 5) is 14.6. The van der Waals surface area contributed by atoms with Gasteiger partial charge in [0.25, 0.3) is 0 Å². The molecule has 1 atom stereocenters. The zero-order chi connectivity index (χ0) is 16.9. The number of carbonyl (C=O) groups excluding carboxylic acids is 1. The van der Waals surface area contributed by atoms with Crippen LogP contribution in [-0.4, -0.2) is 38.8 Å². The molecule has 0 spiro atoms. The van der Waals surface area contributed by atoms with E-state index in [4.69, 9.17) is 0 Å². The van der Waals surface area contributed by atoms with Crippen LogP contribution >= 0.6 is 0 Å². The van der Waals surface area contributed by atoms with E-state index in [0.717, 1.165) is 49.4 Å². The fraction of sp³-hybridized carbons (Fsp3) is 0.500. The van der Waals surface area contributed by atoms with Gasteiger partial charge in [-0.25, -0.2) is 4.79 Å². The van der Waals surface area contributed by atoms with Crippen molar-refractivity contribution in [3.63, 3.8) is 0 Å². The molecule has 6 heteroatoms. The van der Waals surface area contributed by atoms with Crippen molar-refractivity contribution < 1.29 is 4.79 Å². The van der Waals surface area contributed by atoms with E-state index in [2.05, 4.69) is 40.0 Å². The fourth-order valence-corrected chi connectivity index (χ4v) is 3.34. The summed E-state index contributed by atoms with van der Waals surface area (Å²) < 4.78 is 2.07. The Labute approximate surface area is 142 Å². The van der Waals surface area contributed by atoms with Gasteiger partial charge in [-0.3, -0.25) is 0 Å². The third-order valence-corrected chi connectivity index (χ3v) is 4.70. The molecule has 2 heterocycles. The van der Waals surface area contributed by atoms with E-state index < -0.39 is 0 Å². The highest BCUT2D eigenvalue weighted by atomic mass is 16.2. The molecule has 1 aromatic carbocycles. The number of carbonyl (C=O) groups is 1. The van der Waals surface area contributed by atoms with Gasteiger partial charge in [0.05, 0.1) is 0 Å². The van der Waals surface area contributed by atoms with Crippen molar-refractivity contribution in [3.8, 4) is 0 Å². The number of para-hydroxylation sites is 1. The molecule has 0 aliphatic carbocycles. The van der Waals surface area contributed by atoms with E-state index in [0.29, 0.717) is 6.54 Å². The summed E-state index contributed by atoms with van der Waals surface area (Å²) in [5.74, 6) is 1.25. The lowest BCUT2D eigenvalue weighted by Crippen LogP contribution is -2.42. The Hall–Kier alpha value is -2.37. The number of urea groups is 1. The van der Waals surface area contributed by atoms with Gasteiger partial charge in [-0.2, -0.15) is 0 Å². The van der Waals surface area contributed by atoms with Gasteiger partial charge in [0.15, 0.2) is 0 Å². The number of benzene rings is 1. The number of amides is 2. The molecule has 1 fully saturated rings. The minimum absolute atomic E-state index is 0.0248. The van der Waals surface area contributed by atoms with Gasteiger partial charge < -0.3 is 14.8 Å². The van der Waals surface area contributed by atoms with E-state index in [-0.39, 0.29) is 11.9 Å². The number of nitrogens with one attached hydrogen (secondary N) is 1. The Bertz CT molecular complexity index is 696. The SMILES string of the molecule is CCc1ccccc1NC(=O)N1CCCC(c2nncn2CC)C1. The average Bonchev–Trinajstić information content (AvgIpc) is 3.11. The first-order chi connectivity index (χ1) is 11.7. The summed E-state index contributed by atoms with van der Waals surface area (Å²) in [6, 6.07) is 7.95. The Morgan fingerprint density at radius 2 is 2.17 bits per heavy atom. The van der Waals surface area contributed by atoms with Crippen LogP contribution in [0, 0.1) is 0 Å². The highest BCUT2D eigenvalue weighted by Crippen LogP contribution is 2.26. The maximum Gasteiger partial charge on any atom is 0.321 e. The predicted molar refractivity (Wildman–Crippen MR) is 94.1 cm³/mol. The van der Waals surface area contributed by atoms with Crippen molar-refractivity contribution in [2.45, 2.75) is 45.6 Å². The topological polar surface area (TPSA) is 63.1 Å². The summed E-state index contributed by atoms with van der Waals surface area (Å²) in [5.41, 5.74) is 2.06.